The number of carbonyl (C=O) groups excluding carboxylic acids is 1. The molecule has 1 fully saturated rings. The number of benzene rings is 2. The molecule has 27 heavy (non-hydrogen) atoms. The molecule has 0 radical (unpaired) electrons. The summed E-state index contributed by atoms with van der Waals surface area (Å²) in [5, 5.41) is 2.91. The summed E-state index contributed by atoms with van der Waals surface area (Å²) in [5.41, 5.74) is 2.59. The number of rotatable bonds is 7. The zero-order chi connectivity index (χ0) is 19.1. The van der Waals surface area contributed by atoms with Gasteiger partial charge in [-0.15, -0.1) is 0 Å². The molecular formula is C22H29N3O2. The number of nitrogens with one attached hydrogen (secondary N) is 1. The van der Waals surface area contributed by atoms with Crippen molar-refractivity contribution in [3.8, 4) is 5.75 Å². The van der Waals surface area contributed by atoms with Crippen molar-refractivity contribution < 1.29 is 9.53 Å². The van der Waals surface area contributed by atoms with E-state index in [0.29, 0.717) is 12.2 Å². The van der Waals surface area contributed by atoms with Gasteiger partial charge in [-0.25, -0.2) is 0 Å². The molecule has 1 aliphatic rings. The van der Waals surface area contributed by atoms with E-state index in [4.69, 9.17) is 4.74 Å². The maximum absolute atomic E-state index is 12.3. The minimum Gasteiger partial charge on any atom is -0.494 e. The quantitative estimate of drug-likeness (QED) is 0.763. The number of anilines is 1. The summed E-state index contributed by atoms with van der Waals surface area (Å²) in [6.45, 7) is 8.37. The zero-order valence-corrected chi connectivity index (χ0v) is 16.3. The largest absolute Gasteiger partial charge is 0.494 e. The maximum Gasteiger partial charge on any atom is 0.255 e. The highest BCUT2D eigenvalue weighted by Gasteiger charge is 2.13. The number of piperazine rings is 1. The Morgan fingerprint density at radius 2 is 1.67 bits per heavy atom. The van der Waals surface area contributed by atoms with Gasteiger partial charge in [0.05, 0.1) is 6.61 Å². The third-order valence-corrected chi connectivity index (χ3v) is 4.91. The van der Waals surface area contributed by atoms with Crippen molar-refractivity contribution in [3.05, 3.63) is 59.7 Å². The highest BCUT2D eigenvalue weighted by molar-refractivity contribution is 6.04. The van der Waals surface area contributed by atoms with Gasteiger partial charge in [-0.05, 0) is 56.8 Å². The Morgan fingerprint density at radius 1 is 1.00 bits per heavy atom. The van der Waals surface area contributed by atoms with Crippen molar-refractivity contribution >= 4 is 11.6 Å². The lowest BCUT2D eigenvalue weighted by molar-refractivity contribution is 0.102. The fourth-order valence-corrected chi connectivity index (χ4v) is 3.09. The fourth-order valence-electron chi connectivity index (χ4n) is 3.09. The topological polar surface area (TPSA) is 44.8 Å². The third kappa shape index (κ3) is 6.08. The molecule has 144 valence electrons. The molecule has 1 saturated heterocycles. The lowest BCUT2D eigenvalue weighted by Crippen LogP contribution is -2.44. The predicted octanol–water partition coefficient (Wildman–Crippen LogP) is 3.26. The van der Waals surface area contributed by atoms with Crippen LogP contribution < -0.4 is 10.1 Å². The number of hydrogen-bond donors (Lipinski definition) is 1. The number of aryl methyl sites for hydroxylation is 1. The summed E-state index contributed by atoms with van der Waals surface area (Å²) in [5.74, 6) is 0.695. The van der Waals surface area contributed by atoms with Crippen LogP contribution in [0.1, 0.15) is 22.3 Å². The number of ether oxygens (including phenoxy) is 1. The minimum atomic E-state index is -0.111. The lowest BCUT2D eigenvalue weighted by Gasteiger charge is -2.32. The summed E-state index contributed by atoms with van der Waals surface area (Å²) in [6.07, 6.45) is 1.01. The van der Waals surface area contributed by atoms with Crippen LogP contribution >= 0.6 is 0 Å². The Morgan fingerprint density at radius 3 is 2.33 bits per heavy atom. The molecule has 0 saturated carbocycles. The van der Waals surface area contributed by atoms with Crippen LogP contribution in [0.3, 0.4) is 0 Å². The van der Waals surface area contributed by atoms with Crippen LogP contribution in [0.4, 0.5) is 5.69 Å². The molecule has 3 rings (SSSR count). The number of amides is 1. The first-order chi connectivity index (χ1) is 13.1. The van der Waals surface area contributed by atoms with Crippen molar-refractivity contribution in [2.45, 2.75) is 13.3 Å². The van der Waals surface area contributed by atoms with Crippen LogP contribution in [-0.2, 0) is 0 Å². The van der Waals surface area contributed by atoms with Gasteiger partial charge in [0.15, 0.2) is 0 Å². The monoisotopic (exact) mass is 367 g/mol. The van der Waals surface area contributed by atoms with Gasteiger partial charge in [0.1, 0.15) is 5.75 Å². The Bertz CT molecular complexity index is 720. The molecule has 0 unspecified atom stereocenters. The fraction of sp³-hybridized carbons (Fsp3) is 0.409. The number of hydrogen-bond acceptors (Lipinski definition) is 4. The zero-order valence-electron chi connectivity index (χ0n) is 16.3. The molecule has 0 aliphatic carbocycles. The van der Waals surface area contributed by atoms with E-state index in [1.165, 1.54) is 5.56 Å². The van der Waals surface area contributed by atoms with E-state index in [0.717, 1.165) is 50.6 Å². The SMILES string of the molecule is Cc1ccc(NC(=O)c2ccc(OCCCN3CCN(C)CC3)cc2)cc1. The Labute approximate surface area is 161 Å². The van der Waals surface area contributed by atoms with Gasteiger partial charge >= 0.3 is 0 Å². The van der Waals surface area contributed by atoms with Gasteiger partial charge in [0.2, 0.25) is 0 Å². The molecule has 0 spiro atoms. The van der Waals surface area contributed by atoms with E-state index in [2.05, 4.69) is 22.2 Å². The standard InChI is InChI=1S/C22H29N3O2/c1-18-4-8-20(9-5-18)23-22(26)19-6-10-21(11-7-19)27-17-3-12-25-15-13-24(2)14-16-25/h4-11H,3,12-17H2,1-2H3,(H,23,26). The van der Waals surface area contributed by atoms with Crippen LogP contribution in [0.5, 0.6) is 5.75 Å². The molecule has 2 aromatic carbocycles. The predicted molar refractivity (Wildman–Crippen MR) is 110 cm³/mol. The molecule has 0 aromatic heterocycles. The van der Waals surface area contributed by atoms with E-state index in [1.807, 2.05) is 43.3 Å². The lowest BCUT2D eigenvalue weighted by atomic mass is 10.2. The molecule has 5 heteroatoms. The highest BCUT2D eigenvalue weighted by atomic mass is 16.5. The molecule has 0 bridgehead atoms. The van der Waals surface area contributed by atoms with Crippen LogP contribution in [-0.4, -0.2) is 62.1 Å². The molecule has 1 heterocycles. The average molecular weight is 367 g/mol. The first-order valence-electron chi connectivity index (χ1n) is 9.62. The summed E-state index contributed by atoms with van der Waals surface area (Å²) in [7, 11) is 2.17. The third-order valence-electron chi connectivity index (χ3n) is 4.91. The molecule has 1 N–H and O–H groups in total. The van der Waals surface area contributed by atoms with Gasteiger partial charge in [-0.2, -0.15) is 0 Å². The molecular weight excluding hydrogens is 338 g/mol. The normalized spacial score (nSPS) is 15.5. The van der Waals surface area contributed by atoms with Gasteiger partial charge < -0.3 is 19.9 Å². The second-order valence-electron chi connectivity index (χ2n) is 7.19. The maximum atomic E-state index is 12.3. The van der Waals surface area contributed by atoms with Crippen molar-refractivity contribution in [3.63, 3.8) is 0 Å². The summed E-state index contributed by atoms with van der Waals surface area (Å²) in [4.78, 5) is 17.2. The van der Waals surface area contributed by atoms with Crippen molar-refractivity contribution in [2.24, 2.45) is 0 Å². The van der Waals surface area contributed by atoms with Crippen molar-refractivity contribution in [2.75, 3.05) is 51.7 Å². The number of likely N-dealkylation sites (N-methyl/N-ethyl adjacent to an activating group) is 1. The number of nitrogens with zero attached hydrogens (tertiary/aromatic N) is 2. The first-order valence-corrected chi connectivity index (χ1v) is 9.62. The van der Waals surface area contributed by atoms with Crippen LogP contribution in [0.2, 0.25) is 0 Å². The van der Waals surface area contributed by atoms with Crippen molar-refractivity contribution in [1.82, 2.24) is 9.80 Å². The van der Waals surface area contributed by atoms with Crippen molar-refractivity contribution in [1.29, 1.82) is 0 Å². The van der Waals surface area contributed by atoms with Crippen LogP contribution in [0, 0.1) is 6.92 Å². The highest BCUT2D eigenvalue weighted by Crippen LogP contribution is 2.15. The summed E-state index contributed by atoms with van der Waals surface area (Å²) >= 11 is 0. The second kappa shape index (κ2) is 9.53. The van der Waals surface area contributed by atoms with E-state index >= 15 is 0 Å². The Hall–Kier alpha value is -2.37. The van der Waals surface area contributed by atoms with Gasteiger partial charge in [0.25, 0.3) is 5.91 Å². The molecule has 2 aromatic rings. The average Bonchev–Trinajstić information content (AvgIpc) is 2.69. The summed E-state index contributed by atoms with van der Waals surface area (Å²) < 4.78 is 5.82. The molecule has 1 aliphatic heterocycles. The minimum absolute atomic E-state index is 0.111. The van der Waals surface area contributed by atoms with E-state index < -0.39 is 0 Å². The summed E-state index contributed by atoms with van der Waals surface area (Å²) in [6, 6.07) is 15.1. The Kier molecular flexibility index (Phi) is 6.85. The van der Waals surface area contributed by atoms with Gasteiger partial charge in [-0.3, -0.25) is 4.79 Å². The van der Waals surface area contributed by atoms with Gasteiger partial charge in [0, 0.05) is 44.0 Å². The van der Waals surface area contributed by atoms with Gasteiger partial charge in [-0.1, -0.05) is 17.7 Å². The van der Waals surface area contributed by atoms with Crippen LogP contribution in [0.15, 0.2) is 48.5 Å². The molecule has 1 amide bonds. The molecule has 0 atom stereocenters. The smallest absolute Gasteiger partial charge is 0.255 e. The molecule has 5 nitrogen and oxygen atoms in total. The van der Waals surface area contributed by atoms with Crippen LogP contribution in [0.25, 0.3) is 0 Å². The van der Waals surface area contributed by atoms with E-state index in [1.54, 1.807) is 12.1 Å². The van der Waals surface area contributed by atoms with E-state index in [9.17, 15) is 4.79 Å². The number of carbonyl (C=O) groups is 1. The van der Waals surface area contributed by atoms with E-state index in [-0.39, 0.29) is 5.91 Å². The first kappa shape index (κ1) is 19.4. The Balaban J connectivity index is 1.40. The second-order valence-corrected chi connectivity index (χ2v) is 7.19.